The van der Waals surface area contributed by atoms with Crippen LogP contribution in [0.25, 0.3) is 33.4 Å². The molecular weight excluding hydrogens is 448 g/mol. The number of rotatable bonds is 8. The fourth-order valence-electron chi connectivity index (χ4n) is 4.30. The van der Waals surface area contributed by atoms with Gasteiger partial charge in [-0.3, -0.25) is 4.99 Å². The van der Waals surface area contributed by atoms with Crippen molar-refractivity contribution in [3.05, 3.63) is 71.6 Å². The zero-order chi connectivity index (χ0) is 23.4. The second-order valence-corrected chi connectivity index (χ2v) is 8.10. The number of aromatic carboxylic acids is 1. The molecule has 0 fully saturated rings. The van der Waals surface area contributed by atoms with Crippen molar-refractivity contribution in [2.75, 3.05) is 24.5 Å². The van der Waals surface area contributed by atoms with E-state index >= 15 is 0 Å². The van der Waals surface area contributed by atoms with E-state index in [1.165, 1.54) is 0 Å². The summed E-state index contributed by atoms with van der Waals surface area (Å²) >= 11 is 0. The first kappa shape index (κ1) is 25.3. The molecular formula is C28H31ClN2O3. The summed E-state index contributed by atoms with van der Waals surface area (Å²) < 4.78 is 6.40. The van der Waals surface area contributed by atoms with Gasteiger partial charge in [-0.25, -0.2) is 4.79 Å². The Morgan fingerprint density at radius 3 is 2.44 bits per heavy atom. The molecule has 1 aliphatic heterocycles. The van der Waals surface area contributed by atoms with Gasteiger partial charge in [0.2, 0.25) is 0 Å². The number of anilines is 1. The molecule has 34 heavy (non-hydrogen) atoms. The highest BCUT2D eigenvalue weighted by Gasteiger charge is 2.21. The third-order valence-electron chi connectivity index (χ3n) is 6.05. The number of carbonyl (C=O) groups is 1. The van der Waals surface area contributed by atoms with Gasteiger partial charge in [0.1, 0.15) is 11.3 Å². The molecule has 0 unspecified atom stereocenters. The van der Waals surface area contributed by atoms with Crippen LogP contribution in [0.3, 0.4) is 0 Å². The molecule has 0 spiro atoms. The number of hydrogen-bond acceptors (Lipinski definition) is 4. The van der Waals surface area contributed by atoms with Gasteiger partial charge in [-0.15, -0.1) is 12.4 Å². The van der Waals surface area contributed by atoms with Gasteiger partial charge < -0.3 is 14.4 Å². The molecule has 0 radical (unpaired) electrons. The standard InChI is InChI=1S/C28H30N2O3.ClH/c1-4-7-16-29-19-12-14-23-25(17-19)33-26-18-20(30(5-2)6-3)13-15-24(26)27(23)21-10-8-9-11-22(21)28(31)32;/h8-15,17-18H,4-7,16H2,1-3H3,(H,31,32);1H. The summed E-state index contributed by atoms with van der Waals surface area (Å²) in [4.78, 5) is 19.0. The van der Waals surface area contributed by atoms with Crippen LogP contribution < -0.4 is 10.3 Å². The maximum Gasteiger partial charge on any atom is 0.336 e. The molecule has 1 heterocycles. The van der Waals surface area contributed by atoms with E-state index in [1.54, 1.807) is 12.1 Å². The van der Waals surface area contributed by atoms with Crippen LogP contribution >= 0.6 is 12.4 Å². The Morgan fingerprint density at radius 2 is 1.74 bits per heavy atom. The maximum atomic E-state index is 12.0. The monoisotopic (exact) mass is 478 g/mol. The Hall–Kier alpha value is -3.31. The topological polar surface area (TPSA) is 66.0 Å². The molecule has 2 aromatic rings. The molecule has 0 bridgehead atoms. The van der Waals surface area contributed by atoms with Gasteiger partial charge in [-0.2, -0.15) is 0 Å². The van der Waals surface area contributed by atoms with Crippen molar-refractivity contribution in [1.29, 1.82) is 0 Å². The Bertz CT molecular complexity index is 1320. The second kappa shape index (κ2) is 11.2. The number of hydrogen-bond donors (Lipinski definition) is 1. The summed E-state index contributed by atoms with van der Waals surface area (Å²) in [5, 5.41) is 11.6. The van der Waals surface area contributed by atoms with E-state index in [1.807, 2.05) is 36.4 Å². The minimum Gasteiger partial charge on any atom is -0.478 e. The molecule has 1 N–H and O–H groups in total. The van der Waals surface area contributed by atoms with Gasteiger partial charge in [0.25, 0.3) is 0 Å². The minimum absolute atomic E-state index is 0. The van der Waals surface area contributed by atoms with E-state index in [0.29, 0.717) is 11.3 Å². The Morgan fingerprint density at radius 1 is 0.971 bits per heavy atom. The third kappa shape index (κ3) is 4.95. The first-order valence-electron chi connectivity index (χ1n) is 11.7. The molecule has 6 heteroatoms. The van der Waals surface area contributed by atoms with Gasteiger partial charge in [-0.05, 0) is 56.2 Å². The second-order valence-electron chi connectivity index (χ2n) is 8.10. The van der Waals surface area contributed by atoms with E-state index in [9.17, 15) is 9.90 Å². The van der Waals surface area contributed by atoms with Crippen molar-refractivity contribution in [3.63, 3.8) is 0 Å². The molecule has 5 nitrogen and oxygen atoms in total. The SMILES string of the molecule is CCCCN=c1ccc2c(-c3ccccc3C(=O)O)c3ccc(N(CC)CC)cc3oc-2c1.Cl. The molecule has 0 saturated carbocycles. The Kier molecular flexibility index (Phi) is 8.35. The number of halogens is 1. The highest BCUT2D eigenvalue weighted by Crippen LogP contribution is 2.42. The molecule has 0 amide bonds. The van der Waals surface area contributed by atoms with Crippen LogP contribution in [0.4, 0.5) is 5.69 Å². The zero-order valence-corrected chi connectivity index (χ0v) is 20.7. The molecule has 0 atom stereocenters. The smallest absolute Gasteiger partial charge is 0.336 e. The lowest BCUT2D eigenvalue weighted by atomic mass is 9.90. The van der Waals surface area contributed by atoms with Crippen LogP contribution in [0, 0.1) is 0 Å². The molecule has 2 aromatic carbocycles. The molecule has 1 aliphatic carbocycles. The molecule has 2 aliphatic rings. The Labute approximate surface area is 206 Å². The highest BCUT2D eigenvalue weighted by molar-refractivity contribution is 6.07. The quantitative estimate of drug-likeness (QED) is 0.221. The van der Waals surface area contributed by atoms with Crippen LogP contribution in [0.5, 0.6) is 0 Å². The molecule has 178 valence electrons. The third-order valence-corrected chi connectivity index (χ3v) is 6.05. The van der Waals surface area contributed by atoms with E-state index < -0.39 is 5.97 Å². The maximum absolute atomic E-state index is 12.0. The van der Waals surface area contributed by atoms with E-state index in [2.05, 4.69) is 42.8 Å². The van der Waals surface area contributed by atoms with Gasteiger partial charge in [0.05, 0.1) is 10.9 Å². The summed E-state index contributed by atoms with van der Waals surface area (Å²) in [5.41, 5.74) is 4.51. The molecule has 4 rings (SSSR count). The Balaban J connectivity index is 0.00000324. The van der Waals surface area contributed by atoms with Crippen LogP contribution in [0.2, 0.25) is 0 Å². The number of fused-ring (bicyclic) bond motifs is 2. The highest BCUT2D eigenvalue weighted by atomic mass is 35.5. The zero-order valence-electron chi connectivity index (χ0n) is 19.9. The van der Waals surface area contributed by atoms with Crippen molar-refractivity contribution < 1.29 is 14.3 Å². The summed E-state index contributed by atoms with van der Waals surface area (Å²) in [6, 6.07) is 19.3. The number of benzene rings is 3. The molecule has 0 aromatic heterocycles. The first-order chi connectivity index (χ1) is 16.1. The van der Waals surface area contributed by atoms with Gasteiger partial charge in [-0.1, -0.05) is 31.5 Å². The van der Waals surface area contributed by atoms with Crippen molar-refractivity contribution in [1.82, 2.24) is 0 Å². The normalized spacial score (nSPS) is 11.6. The number of carboxylic acid groups (broad SMARTS) is 1. The lowest BCUT2D eigenvalue weighted by molar-refractivity contribution is 0.0697. The van der Waals surface area contributed by atoms with Crippen molar-refractivity contribution in [2.24, 2.45) is 4.99 Å². The van der Waals surface area contributed by atoms with E-state index in [-0.39, 0.29) is 18.0 Å². The summed E-state index contributed by atoms with van der Waals surface area (Å²) in [7, 11) is 0. The van der Waals surface area contributed by atoms with Crippen molar-refractivity contribution >= 4 is 35.0 Å². The van der Waals surface area contributed by atoms with Gasteiger partial charge in [0.15, 0.2) is 0 Å². The van der Waals surface area contributed by atoms with Gasteiger partial charge in [0, 0.05) is 54.0 Å². The summed E-state index contributed by atoms with van der Waals surface area (Å²) in [5.74, 6) is -0.245. The van der Waals surface area contributed by atoms with Crippen LogP contribution in [-0.2, 0) is 0 Å². The first-order valence-corrected chi connectivity index (χ1v) is 11.7. The predicted octanol–water partition coefficient (Wildman–Crippen LogP) is 6.87. The van der Waals surface area contributed by atoms with Crippen LogP contribution in [0.1, 0.15) is 44.0 Å². The number of nitrogens with zero attached hydrogens (tertiary/aromatic N) is 2. The minimum atomic E-state index is -0.946. The average Bonchev–Trinajstić information content (AvgIpc) is 2.83. The van der Waals surface area contributed by atoms with Crippen molar-refractivity contribution in [2.45, 2.75) is 33.6 Å². The lowest BCUT2D eigenvalue weighted by Gasteiger charge is -2.22. The van der Waals surface area contributed by atoms with E-state index in [4.69, 9.17) is 4.42 Å². The number of carboxylic acids is 1. The summed E-state index contributed by atoms with van der Waals surface area (Å²) in [6.07, 6.45) is 2.13. The average molecular weight is 479 g/mol. The fourth-order valence-corrected chi connectivity index (χ4v) is 4.30. The largest absolute Gasteiger partial charge is 0.478 e. The molecule has 0 saturated heterocycles. The van der Waals surface area contributed by atoms with Crippen molar-refractivity contribution in [3.8, 4) is 22.5 Å². The van der Waals surface area contributed by atoms with Crippen LogP contribution in [0.15, 0.2) is 70.1 Å². The van der Waals surface area contributed by atoms with Gasteiger partial charge >= 0.3 is 5.97 Å². The predicted molar refractivity (Wildman–Crippen MR) is 141 cm³/mol. The van der Waals surface area contributed by atoms with Crippen LogP contribution in [-0.4, -0.2) is 30.7 Å². The lowest BCUT2D eigenvalue weighted by Crippen LogP contribution is -2.21. The number of unbranched alkanes of at least 4 members (excludes halogenated alkanes) is 1. The van der Waals surface area contributed by atoms with E-state index in [0.717, 1.165) is 65.6 Å². The summed E-state index contributed by atoms with van der Waals surface area (Å²) in [6.45, 7) is 8.97. The fraction of sp³-hybridized carbons (Fsp3) is 0.286.